The number of carboxylic acid groups (broad SMARTS) is 1. The Morgan fingerprint density at radius 2 is 1.48 bits per heavy atom. The highest BCUT2D eigenvalue weighted by Crippen LogP contribution is 2.49. The minimum Gasteiger partial charge on any atom is -0.478 e. The van der Waals surface area contributed by atoms with Crippen LogP contribution in [0.4, 0.5) is 17.2 Å². The summed E-state index contributed by atoms with van der Waals surface area (Å²) < 4.78 is 8.92. The normalized spacial score (nSPS) is 13.8. The minimum atomic E-state index is -1.06. The van der Waals surface area contributed by atoms with Gasteiger partial charge in [0.25, 0.3) is 0 Å². The lowest BCUT2D eigenvalue weighted by molar-refractivity contribution is -0.132. The van der Waals surface area contributed by atoms with Crippen molar-refractivity contribution < 1.29 is 14.6 Å². The summed E-state index contributed by atoms with van der Waals surface area (Å²) in [4.78, 5) is 31.8. The number of rotatable bonds is 14. The van der Waals surface area contributed by atoms with E-state index in [9.17, 15) is 9.90 Å². The van der Waals surface area contributed by atoms with Gasteiger partial charge < -0.3 is 35.3 Å². The molecule has 2 aliphatic rings. The van der Waals surface area contributed by atoms with Gasteiger partial charge >= 0.3 is 5.97 Å². The Bertz CT molecular complexity index is 2780. The summed E-state index contributed by atoms with van der Waals surface area (Å²) >= 11 is 5.68. The number of unbranched alkanes of at least 4 members (excludes halogenated alkanes) is 1. The number of pyridine rings is 1. The highest BCUT2D eigenvalue weighted by atomic mass is 32.1. The fraction of sp³-hybridized carbons (Fsp3) is 0.275. The number of thiocarbonyl (C=S) groups is 1. The van der Waals surface area contributed by atoms with E-state index in [4.69, 9.17) is 27.7 Å². The number of aryl methyl sites for hydroxylation is 1. The Morgan fingerprint density at radius 3 is 2.10 bits per heavy atom. The van der Waals surface area contributed by atoms with Crippen molar-refractivity contribution in [1.29, 1.82) is 0 Å². The van der Waals surface area contributed by atoms with Crippen molar-refractivity contribution in [2.45, 2.75) is 67.0 Å². The van der Waals surface area contributed by atoms with Crippen LogP contribution in [-0.4, -0.2) is 62.6 Å². The van der Waals surface area contributed by atoms with E-state index in [1.165, 1.54) is 0 Å². The minimum absolute atomic E-state index is 0.125. The summed E-state index contributed by atoms with van der Waals surface area (Å²) in [6, 6.07) is 28.8. The van der Waals surface area contributed by atoms with Crippen molar-refractivity contribution in [3.05, 3.63) is 142 Å². The first-order chi connectivity index (χ1) is 30.6. The molecule has 0 spiro atoms. The molecule has 0 saturated heterocycles. The molecule has 63 heavy (non-hydrogen) atoms. The highest BCUT2D eigenvalue weighted by Gasteiger charge is 2.30. The molecule has 6 aromatic rings. The fourth-order valence-corrected chi connectivity index (χ4v) is 8.78. The molecule has 322 valence electrons. The van der Waals surface area contributed by atoms with Crippen molar-refractivity contribution in [3.63, 3.8) is 0 Å². The maximum absolute atomic E-state index is 13.0. The number of para-hydroxylation sites is 1. The number of nitrogens with zero attached hydrogens (tertiary/aromatic N) is 6. The molecule has 0 unspecified atom stereocenters. The molecule has 3 heterocycles. The van der Waals surface area contributed by atoms with Gasteiger partial charge in [-0.3, -0.25) is 0 Å². The number of fused-ring (bicyclic) bond motifs is 5. The van der Waals surface area contributed by atoms with Crippen LogP contribution in [-0.2, 0) is 24.3 Å². The molecule has 0 bridgehead atoms. The number of nitrogens with one attached hydrogen (secondary N) is 1. The molecule has 4 N–H and O–H groups in total. The van der Waals surface area contributed by atoms with E-state index >= 15 is 0 Å². The zero-order valence-electron chi connectivity index (χ0n) is 36.6. The van der Waals surface area contributed by atoms with Crippen LogP contribution < -0.4 is 25.6 Å². The van der Waals surface area contributed by atoms with Gasteiger partial charge in [-0.05, 0) is 106 Å². The summed E-state index contributed by atoms with van der Waals surface area (Å²) in [5.41, 5.74) is 16.9. The van der Waals surface area contributed by atoms with E-state index in [0.29, 0.717) is 41.7 Å². The van der Waals surface area contributed by atoms with E-state index in [0.717, 1.165) is 112 Å². The second kappa shape index (κ2) is 18.7. The SMILES string of the molecule is CCCCc1nc2c(N)nc3ccccc3c2n1Cc1ccc(CNC(=S)/N=C2/C=CC(=C3c4ccc(N(CC)CC)cc4Oc4cc(N(CC)CC)ccc43)C(C(=O)O)=C2)cc1. The number of aliphatic imine (C=N–C) groups is 1. The Labute approximate surface area is 374 Å². The number of allylic oxidation sites excluding steroid dienone is 3. The molecule has 12 heteroatoms. The summed E-state index contributed by atoms with van der Waals surface area (Å²) in [7, 11) is 0. The maximum Gasteiger partial charge on any atom is 0.336 e. The number of ether oxygens (including phenoxy) is 1. The number of anilines is 3. The number of aliphatic carboxylic acids is 1. The van der Waals surface area contributed by atoms with Crippen LogP contribution in [0.2, 0.25) is 0 Å². The smallest absolute Gasteiger partial charge is 0.336 e. The third-order valence-electron chi connectivity index (χ3n) is 11.9. The number of hydrogen-bond donors (Lipinski definition) is 3. The summed E-state index contributed by atoms with van der Waals surface area (Å²) in [6.07, 6.45) is 8.19. The quantitative estimate of drug-likeness (QED) is 0.0908. The Balaban J connectivity index is 1.04. The van der Waals surface area contributed by atoms with Crippen LogP contribution in [0.15, 0.2) is 119 Å². The Morgan fingerprint density at radius 1 is 0.841 bits per heavy atom. The third kappa shape index (κ3) is 8.68. The Kier molecular flexibility index (Phi) is 12.7. The van der Waals surface area contributed by atoms with Crippen molar-refractivity contribution in [2.24, 2.45) is 4.99 Å². The maximum atomic E-state index is 13.0. The van der Waals surface area contributed by atoms with Crippen LogP contribution in [0.3, 0.4) is 0 Å². The molecule has 11 nitrogen and oxygen atoms in total. The van der Waals surface area contributed by atoms with Gasteiger partial charge in [0.1, 0.15) is 22.8 Å². The van der Waals surface area contributed by atoms with E-state index < -0.39 is 5.97 Å². The molecular weight excluding hydrogens is 805 g/mol. The summed E-state index contributed by atoms with van der Waals surface area (Å²) in [6.45, 7) is 15.2. The van der Waals surface area contributed by atoms with Gasteiger partial charge in [-0.1, -0.05) is 61.9 Å². The van der Waals surface area contributed by atoms with Crippen LogP contribution in [0.5, 0.6) is 11.5 Å². The lowest BCUT2D eigenvalue weighted by Gasteiger charge is -2.30. The molecule has 4 aromatic carbocycles. The van der Waals surface area contributed by atoms with E-state index in [2.05, 4.69) is 119 Å². The standard InChI is InChI=1S/C51H54N8O3S/c1-6-11-16-45-56-47-48(38-14-12-13-15-42(38)55-49(47)52)59(45)31-33-19-17-32(18-20-33)30-53-51(63)54-34-21-24-37(41(27-34)50(60)61)46-39-25-22-35(57(7-2)8-3)28-43(39)62-44-29-36(23-26-40(44)46)58(9-4)10-5/h12-15,17-29H,6-11,16,30-31H2,1-5H3,(H2,52,55)(H,53,63)(H,60,61)/b54-34-. The zero-order valence-corrected chi connectivity index (χ0v) is 37.4. The largest absolute Gasteiger partial charge is 0.478 e. The van der Waals surface area contributed by atoms with Crippen molar-refractivity contribution in [2.75, 3.05) is 41.7 Å². The van der Waals surface area contributed by atoms with Gasteiger partial charge in [-0.15, -0.1) is 0 Å². The lowest BCUT2D eigenvalue weighted by Crippen LogP contribution is -2.22. The van der Waals surface area contributed by atoms with Crippen LogP contribution in [0.25, 0.3) is 27.5 Å². The molecule has 1 aliphatic heterocycles. The second-order valence-electron chi connectivity index (χ2n) is 15.7. The molecule has 1 aliphatic carbocycles. The predicted octanol–water partition coefficient (Wildman–Crippen LogP) is 10.3. The van der Waals surface area contributed by atoms with Gasteiger partial charge in [0.05, 0.1) is 22.3 Å². The molecule has 0 amide bonds. The number of carbonyl (C=O) groups is 1. The average Bonchev–Trinajstić information content (AvgIpc) is 3.66. The number of hydrogen-bond acceptors (Lipinski definition) is 8. The first-order valence-corrected chi connectivity index (χ1v) is 22.4. The van der Waals surface area contributed by atoms with Gasteiger partial charge in [0.2, 0.25) is 0 Å². The van der Waals surface area contributed by atoms with Crippen LogP contribution >= 0.6 is 12.2 Å². The first-order valence-electron chi connectivity index (χ1n) is 22.0. The summed E-state index contributed by atoms with van der Waals surface area (Å²) in [5.74, 6) is 1.76. The predicted molar refractivity (Wildman–Crippen MR) is 261 cm³/mol. The number of nitrogens with two attached hydrogens (primary N) is 1. The molecule has 0 radical (unpaired) electrons. The van der Waals surface area contributed by atoms with Gasteiger partial charge in [-0.25, -0.2) is 19.8 Å². The number of nitrogen functional groups attached to an aromatic ring is 1. The highest BCUT2D eigenvalue weighted by molar-refractivity contribution is 7.80. The zero-order chi connectivity index (χ0) is 44.2. The first kappa shape index (κ1) is 42.9. The summed E-state index contributed by atoms with van der Waals surface area (Å²) in [5, 5.41) is 15.2. The van der Waals surface area contributed by atoms with Crippen molar-refractivity contribution in [3.8, 4) is 11.5 Å². The van der Waals surface area contributed by atoms with Crippen LogP contribution in [0, 0.1) is 0 Å². The second-order valence-corrected chi connectivity index (χ2v) is 16.1. The van der Waals surface area contributed by atoms with Crippen LogP contribution in [0.1, 0.15) is 75.5 Å². The van der Waals surface area contributed by atoms with E-state index in [1.54, 1.807) is 6.08 Å². The monoisotopic (exact) mass is 858 g/mol. The van der Waals surface area contributed by atoms with Gasteiger partial charge in [0, 0.05) is 91.3 Å². The van der Waals surface area contributed by atoms with E-state index in [1.807, 2.05) is 42.5 Å². The molecule has 0 saturated carbocycles. The fourth-order valence-electron chi connectivity index (χ4n) is 8.61. The van der Waals surface area contributed by atoms with Gasteiger partial charge in [0.15, 0.2) is 10.9 Å². The molecule has 2 aromatic heterocycles. The molecule has 0 fully saturated rings. The molecular formula is C51H54N8O3S. The number of benzene rings is 4. The lowest BCUT2D eigenvalue weighted by atomic mass is 9.84. The average molecular weight is 859 g/mol. The Hall–Kier alpha value is -6.79. The topological polar surface area (TPSA) is 134 Å². The number of imidazole rings is 1. The van der Waals surface area contributed by atoms with E-state index in [-0.39, 0.29) is 10.7 Å². The van der Waals surface area contributed by atoms with Crippen molar-refractivity contribution in [1.82, 2.24) is 19.9 Å². The molecule has 8 rings (SSSR count). The number of aromatic nitrogens is 3. The van der Waals surface area contributed by atoms with Gasteiger partial charge in [-0.2, -0.15) is 0 Å². The molecule has 0 atom stereocenters. The van der Waals surface area contributed by atoms with Crippen molar-refractivity contribution >= 4 is 73.7 Å². The third-order valence-corrected chi connectivity index (χ3v) is 12.2. The number of carboxylic acids is 1.